The fourth-order valence-corrected chi connectivity index (χ4v) is 2.67. The summed E-state index contributed by atoms with van der Waals surface area (Å²) in [6, 6.07) is 7.76. The fourth-order valence-electron chi connectivity index (χ4n) is 1.76. The van der Waals surface area contributed by atoms with Crippen LogP contribution in [0.15, 0.2) is 29.6 Å². The van der Waals surface area contributed by atoms with Crippen molar-refractivity contribution in [3.63, 3.8) is 0 Å². The van der Waals surface area contributed by atoms with Crippen molar-refractivity contribution in [1.82, 2.24) is 4.98 Å². The lowest BCUT2D eigenvalue weighted by molar-refractivity contribution is -0.0141. The molecule has 0 radical (unpaired) electrons. The van der Waals surface area contributed by atoms with E-state index in [-0.39, 0.29) is 5.60 Å². The van der Waals surface area contributed by atoms with Crippen molar-refractivity contribution in [3.05, 3.63) is 34.7 Å². The maximum absolute atomic E-state index is 5.71. The maximum atomic E-state index is 5.71. The molecule has 0 aliphatic carbocycles. The second kappa shape index (κ2) is 5.08. The number of nitrogen functional groups attached to an aromatic ring is 1. The van der Waals surface area contributed by atoms with Gasteiger partial charge in [-0.3, -0.25) is 0 Å². The number of benzene rings is 1. The molecule has 0 aliphatic heterocycles. The van der Waals surface area contributed by atoms with Crippen molar-refractivity contribution in [2.24, 2.45) is 0 Å². The number of ether oxygens (including phenoxy) is 1. The molecule has 1 heterocycles. The minimum atomic E-state index is -0.328. The molecule has 0 amide bonds. The Hall–Kier alpha value is -1.39. The summed E-state index contributed by atoms with van der Waals surface area (Å²) >= 11 is 1.63. The van der Waals surface area contributed by atoms with Crippen LogP contribution >= 0.6 is 11.3 Å². The van der Waals surface area contributed by atoms with Gasteiger partial charge in [-0.1, -0.05) is 12.1 Å². The fraction of sp³-hybridized carbons (Fsp3) is 0.357. The summed E-state index contributed by atoms with van der Waals surface area (Å²) in [5.74, 6) is 0. The molecule has 0 unspecified atom stereocenters. The van der Waals surface area contributed by atoms with Gasteiger partial charge >= 0.3 is 0 Å². The molecule has 2 rings (SSSR count). The van der Waals surface area contributed by atoms with E-state index in [1.54, 1.807) is 11.3 Å². The zero-order valence-corrected chi connectivity index (χ0v) is 11.8. The van der Waals surface area contributed by atoms with Crippen molar-refractivity contribution in [3.8, 4) is 11.3 Å². The summed E-state index contributed by atoms with van der Waals surface area (Å²) in [6.45, 7) is 6.77. The second-order valence-corrected chi connectivity index (χ2v) is 5.46. The molecule has 1 aromatic heterocycles. The first-order chi connectivity index (χ1) is 8.53. The molecule has 0 bridgehead atoms. The van der Waals surface area contributed by atoms with Gasteiger partial charge in [-0.2, -0.15) is 0 Å². The highest BCUT2D eigenvalue weighted by molar-refractivity contribution is 7.10. The highest BCUT2D eigenvalue weighted by Gasteiger charge is 2.24. The highest BCUT2D eigenvalue weighted by atomic mass is 32.1. The Morgan fingerprint density at radius 3 is 2.56 bits per heavy atom. The molecule has 0 aliphatic rings. The van der Waals surface area contributed by atoms with Crippen LogP contribution in [0.25, 0.3) is 11.3 Å². The Labute approximate surface area is 112 Å². The largest absolute Gasteiger partial charge is 0.399 e. The van der Waals surface area contributed by atoms with Gasteiger partial charge in [-0.25, -0.2) is 4.98 Å². The third-order valence-corrected chi connectivity index (χ3v) is 3.88. The first kappa shape index (κ1) is 13.1. The maximum Gasteiger partial charge on any atom is 0.125 e. The van der Waals surface area contributed by atoms with Crippen LogP contribution in [-0.2, 0) is 10.3 Å². The molecule has 3 nitrogen and oxygen atoms in total. The van der Waals surface area contributed by atoms with Crippen LogP contribution in [0.2, 0.25) is 0 Å². The van der Waals surface area contributed by atoms with Crippen molar-refractivity contribution in [2.75, 3.05) is 12.3 Å². The van der Waals surface area contributed by atoms with Crippen LogP contribution in [0.5, 0.6) is 0 Å². The summed E-state index contributed by atoms with van der Waals surface area (Å²) in [7, 11) is 0. The number of anilines is 1. The van der Waals surface area contributed by atoms with Crippen LogP contribution in [0.4, 0.5) is 5.69 Å². The van der Waals surface area contributed by atoms with Crippen LogP contribution < -0.4 is 5.73 Å². The van der Waals surface area contributed by atoms with Crippen LogP contribution in [-0.4, -0.2) is 11.6 Å². The molecule has 0 saturated heterocycles. The number of nitrogens with two attached hydrogens (primary N) is 1. The minimum absolute atomic E-state index is 0.328. The summed E-state index contributed by atoms with van der Waals surface area (Å²) < 4.78 is 5.71. The lowest BCUT2D eigenvalue weighted by Crippen LogP contribution is -2.21. The van der Waals surface area contributed by atoms with Crippen LogP contribution in [0, 0.1) is 0 Å². The molecular formula is C14H18N2OS. The van der Waals surface area contributed by atoms with Gasteiger partial charge in [0.1, 0.15) is 10.6 Å². The molecule has 0 spiro atoms. The minimum Gasteiger partial charge on any atom is -0.399 e. The van der Waals surface area contributed by atoms with Crippen molar-refractivity contribution in [1.29, 1.82) is 0 Å². The number of hydrogen-bond acceptors (Lipinski definition) is 4. The third kappa shape index (κ3) is 2.71. The summed E-state index contributed by atoms with van der Waals surface area (Å²) in [6.07, 6.45) is 0. The molecule has 18 heavy (non-hydrogen) atoms. The zero-order chi connectivity index (χ0) is 13.2. The molecule has 0 atom stereocenters. The van der Waals surface area contributed by atoms with E-state index in [2.05, 4.69) is 10.4 Å². The molecule has 0 fully saturated rings. The van der Waals surface area contributed by atoms with E-state index in [9.17, 15) is 0 Å². The van der Waals surface area contributed by atoms with E-state index in [1.165, 1.54) is 0 Å². The second-order valence-electron chi connectivity index (χ2n) is 4.60. The Kier molecular flexibility index (Phi) is 3.68. The van der Waals surface area contributed by atoms with Gasteiger partial charge in [0.15, 0.2) is 0 Å². The Morgan fingerprint density at radius 1 is 1.28 bits per heavy atom. The molecule has 96 valence electrons. The summed E-state index contributed by atoms with van der Waals surface area (Å²) in [5.41, 5.74) is 8.18. The molecule has 4 heteroatoms. The van der Waals surface area contributed by atoms with Gasteiger partial charge in [-0.15, -0.1) is 11.3 Å². The Bertz CT molecular complexity index is 517. The normalized spacial score (nSPS) is 11.7. The summed E-state index contributed by atoms with van der Waals surface area (Å²) in [5, 5.41) is 3.05. The first-order valence-electron chi connectivity index (χ1n) is 5.99. The standard InChI is InChI=1S/C14H18N2OS/c1-4-17-14(2,3)13-16-12(9-18-13)10-5-7-11(15)8-6-10/h5-9H,4,15H2,1-3H3. The van der Waals surface area contributed by atoms with Crippen molar-refractivity contribution < 1.29 is 4.74 Å². The highest BCUT2D eigenvalue weighted by Crippen LogP contribution is 2.31. The molecular weight excluding hydrogens is 244 g/mol. The predicted octanol–water partition coefficient (Wildman–Crippen LogP) is 3.66. The van der Waals surface area contributed by atoms with E-state index in [4.69, 9.17) is 10.5 Å². The van der Waals surface area contributed by atoms with Gasteiger partial charge in [-0.05, 0) is 32.9 Å². The van der Waals surface area contributed by atoms with Gasteiger partial charge in [0.05, 0.1) is 5.69 Å². The quantitative estimate of drug-likeness (QED) is 0.855. The molecule has 2 aromatic rings. The SMILES string of the molecule is CCOC(C)(C)c1nc(-c2ccc(N)cc2)cs1. The first-order valence-corrected chi connectivity index (χ1v) is 6.87. The summed E-state index contributed by atoms with van der Waals surface area (Å²) in [4.78, 5) is 4.65. The van der Waals surface area contributed by atoms with E-state index in [0.29, 0.717) is 6.61 Å². The number of rotatable bonds is 4. The van der Waals surface area contributed by atoms with E-state index < -0.39 is 0 Å². The Morgan fingerprint density at radius 2 is 1.94 bits per heavy atom. The van der Waals surface area contributed by atoms with E-state index in [1.807, 2.05) is 45.0 Å². The van der Waals surface area contributed by atoms with Gasteiger partial charge in [0.2, 0.25) is 0 Å². The van der Waals surface area contributed by atoms with Crippen molar-refractivity contribution >= 4 is 17.0 Å². The van der Waals surface area contributed by atoms with E-state index in [0.717, 1.165) is 22.0 Å². The lowest BCUT2D eigenvalue weighted by Gasteiger charge is -2.21. The molecule has 2 N–H and O–H groups in total. The smallest absolute Gasteiger partial charge is 0.125 e. The van der Waals surface area contributed by atoms with Gasteiger partial charge in [0.25, 0.3) is 0 Å². The molecule has 0 saturated carbocycles. The van der Waals surface area contributed by atoms with Gasteiger partial charge < -0.3 is 10.5 Å². The lowest BCUT2D eigenvalue weighted by atomic mass is 10.1. The molecule has 1 aromatic carbocycles. The average molecular weight is 262 g/mol. The number of aromatic nitrogens is 1. The average Bonchev–Trinajstić information content (AvgIpc) is 2.80. The topological polar surface area (TPSA) is 48.1 Å². The number of hydrogen-bond donors (Lipinski definition) is 1. The number of thiazole rings is 1. The monoisotopic (exact) mass is 262 g/mol. The predicted molar refractivity (Wildman–Crippen MR) is 76.6 cm³/mol. The Balaban J connectivity index is 2.28. The van der Waals surface area contributed by atoms with Crippen LogP contribution in [0.1, 0.15) is 25.8 Å². The third-order valence-electron chi connectivity index (χ3n) is 2.73. The number of nitrogens with zero attached hydrogens (tertiary/aromatic N) is 1. The van der Waals surface area contributed by atoms with Gasteiger partial charge in [0, 0.05) is 23.2 Å². The van der Waals surface area contributed by atoms with Crippen molar-refractivity contribution in [2.45, 2.75) is 26.4 Å². The zero-order valence-electron chi connectivity index (χ0n) is 10.9. The van der Waals surface area contributed by atoms with Crippen LogP contribution in [0.3, 0.4) is 0 Å². The van der Waals surface area contributed by atoms with E-state index >= 15 is 0 Å².